The van der Waals surface area contributed by atoms with Crippen molar-refractivity contribution in [1.82, 2.24) is 4.90 Å². The quantitative estimate of drug-likeness (QED) is 0.923. The Hall–Kier alpha value is -1.49. The summed E-state index contributed by atoms with van der Waals surface area (Å²) in [5.41, 5.74) is 0.376. The molecule has 0 saturated carbocycles. The maximum Gasteiger partial charge on any atom is 0.303 e. The third kappa shape index (κ3) is 3.50. The summed E-state index contributed by atoms with van der Waals surface area (Å²) in [4.78, 5) is 24.5. The molecule has 2 rings (SSSR count). The van der Waals surface area contributed by atoms with Gasteiger partial charge in [0, 0.05) is 19.5 Å². The highest BCUT2D eigenvalue weighted by Gasteiger charge is 2.26. The number of carboxylic acids is 1. The average molecular weight is 286 g/mol. The molecule has 0 aromatic carbocycles. The van der Waals surface area contributed by atoms with Crippen molar-refractivity contribution in [2.45, 2.75) is 25.7 Å². The Morgan fingerprint density at radius 2 is 2.32 bits per heavy atom. The number of nitrogens with zero attached hydrogens (tertiary/aromatic N) is 1. The molecule has 0 aliphatic carbocycles. The lowest BCUT2D eigenvalue weighted by Gasteiger charge is -2.32. The van der Waals surface area contributed by atoms with Crippen LogP contribution >= 0.6 is 11.6 Å². The van der Waals surface area contributed by atoms with Crippen LogP contribution in [0.3, 0.4) is 0 Å². The Morgan fingerprint density at radius 1 is 1.53 bits per heavy atom. The van der Waals surface area contributed by atoms with Crippen molar-refractivity contribution < 1.29 is 19.1 Å². The van der Waals surface area contributed by atoms with Gasteiger partial charge in [-0.15, -0.1) is 0 Å². The van der Waals surface area contributed by atoms with Crippen LogP contribution in [0.1, 0.15) is 36.0 Å². The first-order valence-electron chi connectivity index (χ1n) is 6.32. The lowest BCUT2D eigenvalue weighted by Crippen LogP contribution is -2.40. The van der Waals surface area contributed by atoms with E-state index in [2.05, 4.69) is 0 Å². The Morgan fingerprint density at radius 3 is 2.95 bits per heavy atom. The molecule has 0 bridgehead atoms. The average Bonchev–Trinajstić information content (AvgIpc) is 2.82. The minimum Gasteiger partial charge on any atom is -0.481 e. The molecule has 1 fully saturated rings. The Bertz CT molecular complexity index is 471. The van der Waals surface area contributed by atoms with Gasteiger partial charge in [0.15, 0.2) is 0 Å². The molecule has 1 aliphatic heterocycles. The van der Waals surface area contributed by atoms with Crippen LogP contribution in [0.2, 0.25) is 5.22 Å². The van der Waals surface area contributed by atoms with E-state index in [1.165, 1.54) is 6.26 Å². The third-order valence-corrected chi connectivity index (χ3v) is 3.71. The first-order valence-corrected chi connectivity index (χ1v) is 6.69. The summed E-state index contributed by atoms with van der Waals surface area (Å²) in [6, 6.07) is 1.56. The summed E-state index contributed by atoms with van der Waals surface area (Å²) in [5, 5.41) is 8.80. The second-order valence-corrected chi connectivity index (χ2v) is 5.14. The van der Waals surface area contributed by atoms with Gasteiger partial charge in [0.2, 0.25) is 5.22 Å². The SMILES string of the molecule is O=C(O)CCC1CCCN(C(=O)c2ccoc2Cl)C1. The smallest absolute Gasteiger partial charge is 0.303 e. The summed E-state index contributed by atoms with van der Waals surface area (Å²) in [7, 11) is 0. The molecule has 19 heavy (non-hydrogen) atoms. The van der Waals surface area contributed by atoms with Gasteiger partial charge in [-0.25, -0.2) is 0 Å². The van der Waals surface area contributed by atoms with Crippen molar-refractivity contribution in [3.63, 3.8) is 0 Å². The van der Waals surface area contributed by atoms with E-state index in [9.17, 15) is 9.59 Å². The van der Waals surface area contributed by atoms with E-state index in [1.807, 2.05) is 0 Å². The van der Waals surface area contributed by atoms with Crippen LogP contribution in [-0.4, -0.2) is 35.0 Å². The van der Waals surface area contributed by atoms with Crippen LogP contribution < -0.4 is 0 Å². The molecule has 1 amide bonds. The summed E-state index contributed by atoms with van der Waals surface area (Å²) in [6.07, 6.45) is 4.01. The van der Waals surface area contributed by atoms with Crippen LogP contribution in [0, 0.1) is 5.92 Å². The molecule has 1 N–H and O–H groups in total. The minimum absolute atomic E-state index is 0.109. The molecule has 1 atom stereocenters. The van der Waals surface area contributed by atoms with E-state index < -0.39 is 5.97 Å². The van der Waals surface area contributed by atoms with Crippen molar-refractivity contribution in [3.05, 3.63) is 23.1 Å². The maximum absolute atomic E-state index is 12.2. The van der Waals surface area contributed by atoms with E-state index in [-0.39, 0.29) is 23.5 Å². The van der Waals surface area contributed by atoms with Gasteiger partial charge in [-0.2, -0.15) is 0 Å². The number of amides is 1. The summed E-state index contributed by atoms with van der Waals surface area (Å²) in [5.74, 6) is -0.681. The van der Waals surface area contributed by atoms with E-state index in [0.29, 0.717) is 25.1 Å². The Kier molecular flexibility index (Phi) is 4.47. The molecular weight excluding hydrogens is 270 g/mol. The molecule has 1 aromatic heterocycles. The molecule has 1 aromatic rings. The second kappa shape index (κ2) is 6.10. The van der Waals surface area contributed by atoms with Crippen molar-refractivity contribution in [3.8, 4) is 0 Å². The molecule has 104 valence electrons. The fraction of sp³-hybridized carbons (Fsp3) is 0.538. The van der Waals surface area contributed by atoms with Crippen molar-refractivity contribution in [2.24, 2.45) is 5.92 Å². The van der Waals surface area contributed by atoms with Gasteiger partial charge in [0.05, 0.1) is 11.8 Å². The standard InChI is InChI=1S/C13H16ClNO4/c14-12-10(5-7-19-12)13(18)15-6-1-2-9(8-15)3-4-11(16)17/h5,7,9H,1-4,6,8H2,(H,16,17). The number of aliphatic carboxylic acids is 1. The molecule has 1 aliphatic rings. The minimum atomic E-state index is -0.790. The largest absolute Gasteiger partial charge is 0.481 e. The number of carbonyl (C=O) groups excluding carboxylic acids is 1. The number of piperidine rings is 1. The van der Waals surface area contributed by atoms with Gasteiger partial charge >= 0.3 is 5.97 Å². The first kappa shape index (κ1) is 13.9. The number of furan rings is 1. The predicted molar refractivity (Wildman–Crippen MR) is 69.2 cm³/mol. The van der Waals surface area contributed by atoms with Gasteiger partial charge in [-0.05, 0) is 42.8 Å². The zero-order chi connectivity index (χ0) is 13.8. The summed E-state index contributed by atoms with van der Waals surface area (Å²) in [6.45, 7) is 1.28. The van der Waals surface area contributed by atoms with E-state index >= 15 is 0 Å². The van der Waals surface area contributed by atoms with Crippen LogP contribution in [0.5, 0.6) is 0 Å². The first-order chi connectivity index (χ1) is 9.08. The van der Waals surface area contributed by atoms with Crippen molar-refractivity contribution in [1.29, 1.82) is 0 Å². The normalized spacial score (nSPS) is 19.4. The van der Waals surface area contributed by atoms with Crippen LogP contribution in [0.15, 0.2) is 16.7 Å². The van der Waals surface area contributed by atoms with Gasteiger partial charge < -0.3 is 14.4 Å². The molecule has 0 radical (unpaired) electrons. The molecule has 1 unspecified atom stereocenters. The highest BCUT2D eigenvalue weighted by atomic mass is 35.5. The molecule has 5 nitrogen and oxygen atoms in total. The van der Waals surface area contributed by atoms with Gasteiger partial charge in [0.1, 0.15) is 0 Å². The number of hydrogen-bond donors (Lipinski definition) is 1. The van der Waals surface area contributed by atoms with Crippen LogP contribution in [0.4, 0.5) is 0 Å². The van der Waals surface area contributed by atoms with Gasteiger partial charge in [0.25, 0.3) is 5.91 Å². The predicted octanol–water partition coefficient (Wildman–Crippen LogP) is 2.65. The maximum atomic E-state index is 12.2. The zero-order valence-electron chi connectivity index (χ0n) is 10.5. The number of likely N-dealkylation sites (tertiary alicyclic amines) is 1. The summed E-state index contributed by atoms with van der Waals surface area (Å²) < 4.78 is 4.92. The fourth-order valence-electron chi connectivity index (χ4n) is 2.43. The number of carboxylic acid groups (broad SMARTS) is 1. The molecule has 6 heteroatoms. The highest BCUT2D eigenvalue weighted by molar-refractivity contribution is 6.32. The number of halogens is 1. The molecular formula is C13H16ClNO4. The van der Waals surface area contributed by atoms with Crippen LogP contribution in [0.25, 0.3) is 0 Å². The van der Waals surface area contributed by atoms with Gasteiger partial charge in [-0.3, -0.25) is 9.59 Å². The number of carbonyl (C=O) groups is 2. The lowest BCUT2D eigenvalue weighted by molar-refractivity contribution is -0.137. The van der Waals surface area contributed by atoms with Gasteiger partial charge in [-0.1, -0.05) is 0 Å². The topological polar surface area (TPSA) is 70.8 Å². The summed E-state index contributed by atoms with van der Waals surface area (Å²) >= 11 is 5.80. The molecule has 2 heterocycles. The van der Waals surface area contributed by atoms with Crippen molar-refractivity contribution >= 4 is 23.5 Å². The highest BCUT2D eigenvalue weighted by Crippen LogP contribution is 2.25. The van der Waals surface area contributed by atoms with E-state index in [4.69, 9.17) is 21.1 Å². The second-order valence-electron chi connectivity index (χ2n) is 4.80. The van der Waals surface area contributed by atoms with Crippen molar-refractivity contribution in [2.75, 3.05) is 13.1 Å². The van der Waals surface area contributed by atoms with Crippen LogP contribution in [-0.2, 0) is 4.79 Å². The fourth-order valence-corrected chi connectivity index (χ4v) is 2.62. The van der Waals surface area contributed by atoms with E-state index in [1.54, 1.807) is 11.0 Å². The zero-order valence-corrected chi connectivity index (χ0v) is 11.2. The Balaban J connectivity index is 1.95. The number of rotatable bonds is 4. The number of hydrogen-bond acceptors (Lipinski definition) is 3. The third-order valence-electron chi connectivity index (χ3n) is 3.42. The molecule has 0 spiro atoms. The van der Waals surface area contributed by atoms with E-state index in [0.717, 1.165) is 12.8 Å². The lowest BCUT2D eigenvalue weighted by atomic mass is 9.93. The Labute approximate surface area is 116 Å². The molecule has 1 saturated heterocycles. The monoisotopic (exact) mass is 285 g/mol.